The van der Waals surface area contributed by atoms with E-state index in [2.05, 4.69) is 0 Å². The van der Waals surface area contributed by atoms with Gasteiger partial charge >= 0.3 is 0 Å². The lowest BCUT2D eigenvalue weighted by Crippen LogP contribution is -2.38. The number of benzene rings is 1. The minimum absolute atomic E-state index is 0.0220. The average molecular weight is 264 g/mol. The Bertz CT molecular complexity index is 543. The van der Waals surface area contributed by atoms with E-state index in [1.165, 1.54) is 23.1 Å². The van der Waals surface area contributed by atoms with Crippen LogP contribution in [0, 0.1) is 5.41 Å². The molecule has 0 bridgehead atoms. The molecule has 0 saturated carbocycles. The minimum Gasteiger partial charge on any atom is -0.508 e. The highest BCUT2D eigenvalue weighted by Crippen LogP contribution is 2.32. The molecule has 0 radical (unpaired) electrons. The molecule has 6 nitrogen and oxygen atoms in total. The predicted octanol–water partition coefficient (Wildman–Crippen LogP) is 0.435. The Hall–Kier alpha value is -2.24. The minimum atomic E-state index is -0.734. The number of hydrogen-bond donors (Lipinski definition) is 3. The second-order valence-corrected chi connectivity index (χ2v) is 5.10. The smallest absolute Gasteiger partial charge is 0.257 e. The molecule has 4 N–H and O–H groups in total. The lowest BCUT2D eigenvalue weighted by molar-refractivity contribution is -0.126. The number of phenolic OH excluding ortho intramolecular Hbond substituents is 2. The van der Waals surface area contributed by atoms with Gasteiger partial charge in [0.15, 0.2) is 0 Å². The van der Waals surface area contributed by atoms with Crippen LogP contribution in [0.4, 0.5) is 0 Å². The molecular weight excluding hydrogens is 248 g/mol. The van der Waals surface area contributed by atoms with Crippen LogP contribution in [0.1, 0.15) is 23.7 Å². The number of carbonyl (C=O) groups excluding carboxylic acids is 2. The Morgan fingerprint density at radius 2 is 2.05 bits per heavy atom. The molecule has 0 aliphatic carbocycles. The molecule has 1 aliphatic heterocycles. The van der Waals surface area contributed by atoms with E-state index in [4.69, 9.17) is 5.73 Å². The molecule has 1 unspecified atom stereocenters. The van der Waals surface area contributed by atoms with Gasteiger partial charge in [-0.3, -0.25) is 9.59 Å². The monoisotopic (exact) mass is 264 g/mol. The van der Waals surface area contributed by atoms with Gasteiger partial charge in [-0.05, 0) is 31.5 Å². The second-order valence-electron chi connectivity index (χ2n) is 5.10. The maximum Gasteiger partial charge on any atom is 0.257 e. The number of nitrogens with two attached hydrogens (primary N) is 1. The van der Waals surface area contributed by atoms with E-state index >= 15 is 0 Å². The number of nitrogens with zero attached hydrogens (tertiary/aromatic N) is 1. The molecule has 1 aromatic carbocycles. The normalized spacial score (nSPS) is 22.5. The summed E-state index contributed by atoms with van der Waals surface area (Å²) in [5.74, 6) is -1.16. The topological polar surface area (TPSA) is 104 Å². The molecule has 1 fully saturated rings. The first kappa shape index (κ1) is 13.2. The Morgan fingerprint density at radius 3 is 2.63 bits per heavy atom. The summed E-state index contributed by atoms with van der Waals surface area (Å²) in [7, 11) is 0. The average Bonchev–Trinajstić information content (AvgIpc) is 2.76. The number of hydrogen-bond acceptors (Lipinski definition) is 4. The van der Waals surface area contributed by atoms with Crippen LogP contribution < -0.4 is 5.73 Å². The molecule has 1 aliphatic rings. The van der Waals surface area contributed by atoms with Crippen molar-refractivity contribution < 1.29 is 19.8 Å². The van der Waals surface area contributed by atoms with Crippen LogP contribution in [0.2, 0.25) is 0 Å². The van der Waals surface area contributed by atoms with Crippen molar-refractivity contribution in [2.75, 3.05) is 13.1 Å². The van der Waals surface area contributed by atoms with Gasteiger partial charge in [0, 0.05) is 13.1 Å². The van der Waals surface area contributed by atoms with Crippen LogP contribution >= 0.6 is 0 Å². The van der Waals surface area contributed by atoms with Gasteiger partial charge < -0.3 is 20.8 Å². The number of primary amides is 1. The van der Waals surface area contributed by atoms with Crippen LogP contribution in [-0.2, 0) is 4.79 Å². The fourth-order valence-corrected chi connectivity index (χ4v) is 2.20. The van der Waals surface area contributed by atoms with E-state index in [1.807, 2.05) is 0 Å². The molecule has 0 aromatic heterocycles. The fourth-order valence-electron chi connectivity index (χ4n) is 2.20. The maximum atomic E-state index is 12.2. The molecule has 2 rings (SSSR count). The number of likely N-dealkylation sites (tertiary alicyclic amines) is 1. The van der Waals surface area contributed by atoms with Crippen LogP contribution in [0.25, 0.3) is 0 Å². The lowest BCUT2D eigenvalue weighted by Gasteiger charge is -2.21. The summed E-state index contributed by atoms with van der Waals surface area (Å²) in [6.45, 7) is 2.33. The predicted molar refractivity (Wildman–Crippen MR) is 67.6 cm³/mol. The Kier molecular flexibility index (Phi) is 3.09. The zero-order valence-electron chi connectivity index (χ0n) is 10.6. The highest BCUT2D eigenvalue weighted by Gasteiger charge is 2.41. The van der Waals surface area contributed by atoms with Gasteiger partial charge in [0.2, 0.25) is 5.91 Å². The number of phenols is 2. The Balaban J connectivity index is 2.22. The van der Waals surface area contributed by atoms with Gasteiger partial charge in [0.1, 0.15) is 11.5 Å². The van der Waals surface area contributed by atoms with Gasteiger partial charge in [-0.1, -0.05) is 0 Å². The van der Waals surface area contributed by atoms with Crippen molar-refractivity contribution in [3.05, 3.63) is 23.8 Å². The van der Waals surface area contributed by atoms with Crippen molar-refractivity contribution in [3.63, 3.8) is 0 Å². The van der Waals surface area contributed by atoms with Gasteiger partial charge in [0.25, 0.3) is 5.91 Å². The summed E-state index contributed by atoms with van der Waals surface area (Å²) in [5.41, 5.74) is 4.61. The van der Waals surface area contributed by atoms with Crippen LogP contribution in [0.5, 0.6) is 11.5 Å². The van der Waals surface area contributed by atoms with Crippen LogP contribution in [-0.4, -0.2) is 40.0 Å². The standard InChI is InChI=1S/C13H16N2O4/c1-13(12(14)19)4-5-15(7-13)11(18)9-6-8(16)2-3-10(9)17/h2-3,6,16-17H,4-5,7H2,1H3,(H2,14,19). The molecule has 19 heavy (non-hydrogen) atoms. The van der Waals surface area contributed by atoms with E-state index < -0.39 is 17.2 Å². The molecule has 0 spiro atoms. The summed E-state index contributed by atoms with van der Waals surface area (Å²) in [4.78, 5) is 25.0. The third kappa shape index (κ3) is 2.33. The summed E-state index contributed by atoms with van der Waals surface area (Å²) in [6.07, 6.45) is 0.494. The third-order valence-corrected chi connectivity index (χ3v) is 3.57. The number of amides is 2. The van der Waals surface area contributed by atoms with Gasteiger partial charge in [-0.25, -0.2) is 0 Å². The summed E-state index contributed by atoms with van der Waals surface area (Å²) < 4.78 is 0. The first-order valence-corrected chi connectivity index (χ1v) is 5.95. The van der Waals surface area contributed by atoms with Gasteiger partial charge in [-0.2, -0.15) is 0 Å². The van der Waals surface area contributed by atoms with E-state index in [1.54, 1.807) is 6.92 Å². The molecular formula is C13H16N2O4. The SMILES string of the molecule is CC1(C(N)=O)CCN(C(=O)c2cc(O)ccc2O)C1. The highest BCUT2D eigenvalue weighted by atomic mass is 16.3. The molecule has 1 saturated heterocycles. The zero-order chi connectivity index (χ0) is 14.2. The molecule has 1 atom stereocenters. The first-order valence-electron chi connectivity index (χ1n) is 5.95. The number of aromatic hydroxyl groups is 2. The zero-order valence-corrected chi connectivity index (χ0v) is 10.6. The Morgan fingerprint density at radius 1 is 1.37 bits per heavy atom. The van der Waals surface area contributed by atoms with Crippen LogP contribution in [0.3, 0.4) is 0 Å². The fraction of sp³-hybridized carbons (Fsp3) is 0.385. The summed E-state index contributed by atoms with van der Waals surface area (Å²) >= 11 is 0. The maximum absolute atomic E-state index is 12.2. The quantitative estimate of drug-likeness (QED) is 0.674. The summed E-state index contributed by atoms with van der Waals surface area (Å²) in [5, 5.41) is 19.0. The van der Waals surface area contributed by atoms with Crippen molar-refractivity contribution in [1.29, 1.82) is 0 Å². The lowest BCUT2D eigenvalue weighted by atomic mass is 9.89. The molecule has 102 valence electrons. The van der Waals surface area contributed by atoms with Crippen molar-refractivity contribution in [1.82, 2.24) is 4.90 Å². The third-order valence-electron chi connectivity index (χ3n) is 3.57. The van der Waals surface area contributed by atoms with E-state index in [0.717, 1.165) is 0 Å². The van der Waals surface area contributed by atoms with Crippen molar-refractivity contribution in [3.8, 4) is 11.5 Å². The largest absolute Gasteiger partial charge is 0.508 e. The van der Waals surface area contributed by atoms with E-state index in [9.17, 15) is 19.8 Å². The van der Waals surface area contributed by atoms with Gasteiger partial charge in [-0.15, -0.1) is 0 Å². The molecule has 2 amide bonds. The molecule has 1 aromatic rings. The van der Waals surface area contributed by atoms with Crippen molar-refractivity contribution >= 4 is 11.8 Å². The molecule has 6 heteroatoms. The Labute approximate surface area is 110 Å². The van der Waals surface area contributed by atoms with E-state index in [0.29, 0.717) is 13.0 Å². The number of carbonyl (C=O) groups is 2. The molecule has 1 heterocycles. The highest BCUT2D eigenvalue weighted by molar-refractivity contribution is 5.98. The number of rotatable bonds is 2. The van der Waals surface area contributed by atoms with Crippen molar-refractivity contribution in [2.24, 2.45) is 11.1 Å². The second kappa shape index (κ2) is 4.46. The first-order chi connectivity index (χ1) is 8.83. The van der Waals surface area contributed by atoms with E-state index in [-0.39, 0.29) is 23.6 Å². The van der Waals surface area contributed by atoms with Crippen LogP contribution in [0.15, 0.2) is 18.2 Å². The summed E-state index contributed by atoms with van der Waals surface area (Å²) in [6, 6.07) is 3.76. The van der Waals surface area contributed by atoms with Crippen molar-refractivity contribution in [2.45, 2.75) is 13.3 Å². The van der Waals surface area contributed by atoms with Gasteiger partial charge in [0.05, 0.1) is 11.0 Å².